The van der Waals surface area contributed by atoms with Gasteiger partial charge in [-0.05, 0) is 26.2 Å². The number of hydrogen-bond acceptors (Lipinski definition) is 3. The van der Waals surface area contributed by atoms with Gasteiger partial charge in [0.15, 0.2) is 5.03 Å². The highest BCUT2D eigenvalue weighted by Gasteiger charge is 2.30. The fourth-order valence-electron chi connectivity index (χ4n) is 2.38. The van der Waals surface area contributed by atoms with Gasteiger partial charge in [-0.3, -0.25) is 0 Å². The van der Waals surface area contributed by atoms with Crippen molar-refractivity contribution in [2.75, 3.05) is 0 Å². The molecule has 19 heavy (non-hydrogen) atoms. The molecule has 1 N–H and O–H groups in total. The Bertz CT molecular complexity index is 541. The van der Waals surface area contributed by atoms with E-state index >= 15 is 0 Å². The SMILES string of the molecule is CCCn1cc(S(=O)(=O)NC2CCCC2Br)nc1C. The maximum atomic E-state index is 12.3. The Balaban J connectivity index is 2.17. The Morgan fingerprint density at radius 3 is 2.84 bits per heavy atom. The minimum absolute atomic E-state index is 0.0263. The van der Waals surface area contributed by atoms with Gasteiger partial charge in [-0.25, -0.2) is 18.1 Å². The van der Waals surface area contributed by atoms with E-state index in [1.807, 2.05) is 11.5 Å². The lowest BCUT2D eigenvalue weighted by atomic mass is 10.3. The number of hydrogen-bond donors (Lipinski definition) is 1. The van der Waals surface area contributed by atoms with Crippen LogP contribution >= 0.6 is 15.9 Å². The number of alkyl halides is 1. The molecule has 0 aromatic carbocycles. The topological polar surface area (TPSA) is 64.0 Å². The van der Waals surface area contributed by atoms with Crippen LogP contribution < -0.4 is 4.72 Å². The number of sulfonamides is 1. The molecule has 0 aliphatic heterocycles. The molecule has 1 heterocycles. The van der Waals surface area contributed by atoms with E-state index in [9.17, 15) is 8.42 Å². The molecule has 2 rings (SSSR count). The molecule has 0 bridgehead atoms. The van der Waals surface area contributed by atoms with Crippen molar-refractivity contribution in [2.24, 2.45) is 0 Å². The Morgan fingerprint density at radius 2 is 2.26 bits per heavy atom. The summed E-state index contributed by atoms with van der Waals surface area (Å²) in [5.41, 5.74) is 0. The average molecular weight is 350 g/mol. The molecule has 1 aromatic rings. The summed E-state index contributed by atoms with van der Waals surface area (Å²) in [6.45, 7) is 4.68. The predicted octanol–water partition coefficient (Wildman–Crippen LogP) is 2.20. The zero-order valence-corrected chi connectivity index (χ0v) is 13.7. The van der Waals surface area contributed by atoms with E-state index in [1.165, 1.54) is 0 Å². The van der Waals surface area contributed by atoms with Crippen LogP contribution in [0.5, 0.6) is 0 Å². The second-order valence-electron chi connectivity index (χ2n) is 4.99. The van der Waals surface area contributed by atoms with Crippen molar-refractivity contribution >= 4 is 26.0 Å². The molecular weight excluding hydrogens is 330 g/mol. The summed E-state index contributed by atoms with van der Waals surface area (Å²) in [7, 11) is -3.51. The van der Waals surface area contributed by atoms with Gasteiger partial charge in [0, 0.05) is 23.6 Å². The van der Waals surface area contributed by atoms with E-state index in [1.54, 1.807) is 6.20 Å². The highest BCUT2D eigenvalue weighted by atomic mass is 79.9. The van der Waals surface area contributed by atoms with Crippen molar-refractivity contribution in [3.05, 3.63) is 12.0 Å². The molecular formula is C12H20BrN3O2S. The number of halogens is 1. The van der Waals surface area contributed by atoms with Crippen LogP contribution in [0.1, 0.15) is 38.4 Å². The van der Waals surface area contributed by atoms with Gasteiger partial charge >= 0.3 is 0 Å². The van der Waals surface area contributed by atoms with Crippen molar-refractivity contribution in [1.29, 1.82) is 0 Å². The van der Waals surface area contributed by atoms with E-state index in [-0.39, 0.29) is 15.9 Å². The van der Waals surface area contributed by atoms with E-state index in [4.69, 9.17) is 0 Å². The van der Waals surface area contributed by atoms with Gasteiger partial charge in [0.1, 0.15) is 5.82 Å². The highest BCUT2D eigenvalue weighted by molar-refractivity contribution is 9.09. The Labute approximate surface area is 123 Å². The molecule has 2 unspecified atom stereocenters. The zero-order chi connectivity index (χ0) is 14.0. The average Bonchev–Trinajstić information content (AvgIpc) is 2.88. The van der Waals surface area contributed by atoms with Crippen LogP contribution in [0.15, 0.2) is 11.2 Å². The molecule has 0 radical (unpaired) electrons. The molecule has 1 aliphatic carbocycles. The minimum atomic E-state index is -3.51. The lowest BCUT2D eigenvalue weighted by molar-refractivity contribution is 0.553. The van der Waals surface area contributed by atoms with Gasteiger partial charge in [-0.1, -0.05) is 29.3 Å². The molecule has 2 atom stereocenters. The van der Waals surface area contributed by atoms with E-state index in [0.29, 0.717) is 0 Å². The van der Waals surface area contributed by atoms with Gasteiger partial charge in [-0.15, -0.1) is 0 Å². The summed E-state index contributed by atoms with van der Waals surface area (Å²) in [5, 5.41) is 0.130. The summed E-state index contributed by atoms with van der Waals surface area (Å²) in [4.78, 5) is 4.39. The van der Waals surface area contributed by atoms with Crippen molar-refractivity contribution in [3.8, 4) is 0 Å². The summed E-state index contributed by atoms with van der Waals surface area (Å²) >= 11 is 3.52. The molecule has 5 nitrogen and oxygen atoms in total. The molecule has 108 valence electrons. The van der Waals surface area contributed by atoms with Crippen LogP contribution in [0.3, 0.4) is 0 Å². The number of imidazole rings is 1. The summed E-state index contributed by atoms with van der Waals surface area (Å²) in [5.74, 6) is 0.740. The molecule has 1 aromatic heterocycles. The maximum absolute atomic E-state index is 12.3. The molecule has 1 fully saturated rings. The first kappa shape index (κ1) is 15.0. The minimum Gasteiger partial charge on any atom is -0.334 e. The van der Waals surface area contributed by atoms with Gasteiger partial charge in [0.05, 0.1) is 0 Å². The van der Waals surface area contributed by atoms with E-state index in [0.717, 1.165) is 38.1 Å². The standard InChI is InChI=1S/C12H20BrN3O2S/c1-3-7-16-8-12(14-9(16)2)19(17,18)15-11-6-4-5-10(11)13/h8,10-11,15H,3-7H2,1-2H3. The maximum Gasteiger partial charge on any atom is 0.259 e. The Morgan fingerprint density at radius 1 is 1.53 bits per heavy atom. The molecule has 0 amide bonds. The van der Waals surface area contributed by atoms with Crippen LogP contribution in [-0.2, 0) is 16.6 Å². The van der Waals surface area contributed by atoms with Gasteiger partial charge < -0.3 is 4.57 Å². The fraction of sp³-hybridized carbons (Fsp3) is 0.750. The Hall–Kier alpha value is -0.400. The van der Waals surface area contributed by atoms with Crippen LogP contribution in [0.2, 0.25) is 0 Å². The lowest BCUT2D eigenvalue weighted by Crippen LogP contribution is -2.37. The second kappa shape index (κ2) is 5.93. The third kappa shape index (κ3) is 3.38. The van der Waals surface area contributed by atoms with Crippen LogP contribution in [-0.4, -0.2) is 28.8 Å². The van der Waals surface area contributed by atoms with Crippen molar-refractivity contribution in [3.63, 3.8) is 0 Å². The Kier molecular flexibility index (Phi) is 4.68. The summed E-state index contributed by atoms with van der Waals surface area (Å²) < 4.78 is 29.2. The molecule has 1 aliphatic rings. The van der Waals surface area contributed by atoms with Crippen molar-refractivity contribution < 1.29 is 8.42 Å². The first-order chi connectivity index (χ1) is 8.94. The quantitative estimate of drug-likeness (QED) is 0.828. The predicted molar refractivity (Wildman–Crippen MR) is 77.9 cm³/mol. The third-order valence-electron chi connectivity index (χ3n) is 3.43. The third-order valence-corrected chi connectivity index (χ3v) is 5.89. The molecule has 1 saturated carbocycles. The van der Waals surface area contributed by atoms with Crippen molar-refractivity contribution in [1.82, 2.24) is 14.3 Å². The molecule has 0 spiro atoms. The zero-order valence-electron chi connectivity index (χ0n) is 11.3. The molecule has 0 saturated heterocycles. The van der Waals surface area contributed by atoms with Gasteiger partial charge in [0.2, 0.25) is 0 Å². The first-order valence-corrected chi connectivity index (χ1v) is 9.04. The monoisotopic (exact) mass is 349 g/mol. The van der Waals surface area contributed by atoms with Crippen LogP contribution in [0.4, 0.5) is 0 Å². The largest absolute Gasteiger partial charge is 0.334 e. The normalized spacial score (nSPS) is 23.9. The number of nitrogens with one attached hydrogen (secondary N) is 1. The van der Waals surface area contributed by atoms with Crippen LogP contribution in [0, 0.1) is 6.92 Å². The van der Waals surface area contributed by atoms with Gasteiger partial charge in [0.25, 0.3) is 10.0 Å². The highest BCUT2D eigenvalue weighted by Crippen LogP contribution is 2.26. The first-order valence-electron chi connectivity index (χ1n) is 6.64. The van der Waals surface area contributed by atoms with E-state index < -0.39 is 10.0 Å². The number of aryl methyl sites for hydroxylation is 2. The summed E-state index contributed by atoms with van der Waals surface area (Å²) in [6, 6.07) is -0.0263. The van der Waals surface area contributed by atoms with Gasteiger partial charge in [-0.2, -0.15) is 0 Å². The van der Waals surface area contributed by atoms with Crippen molar-refractivity contribution in [2.45, 2.75) is 62.0 Å². The number of aromatic nitrogens is 2. The summed E-state index contributed by atoms with van der Waals surface area (Å²) in [6.07, 6.45) is 5.52. The smallest absolute Gasteiger partial charge is 0.259 e. The second-order valence-corrected chi connectivity index (χ2v) is 7.83. The number of rotatable bonds is 5. The van der Waals surface area contributed by atoms with Crippen LogP contribution in [0.25, 0.3) is 0 Å². The number of nitrogens with zero attached hydrogens (tertiary/aromatic N) is 2. The lowest BCUT2D eigenvalue weighted by Gasteiger charge is -2.14. The van der Waals surface area contributed by atoms with E-state index in [2.05, 4.69) is 32.6 Å². The fourth-order valence-corrected chi connectivity index (χ4v) is 4.60. The molecule has 7 heteroatoms.